The topological polar surface area (TPSA) is 46.5 Å². The molecule has 142 valence electrons. The lowest BCUT2D eigenvalue weighted by molar-refractivity contribution is 0.0653. The molecule has 0 spiro atoms. The lowest BCUT2D eigenvalue weighted by Crippen LogP contribution is -2.38. The third kappa shape index (κ3) is 3.65. The molecule has 1 atom stereocenters. The van der Waals surface area contributed by atoms with Crippen molar-refractivity contribution in [3.63, 3.8) is 0 Å². The number of aromatic carboxylic acids is 1. The van der Waals surface area contributed by atoms with Gasteiger partial charge in [0.25, 0.3) is 0 Å². The van der Waals surface area contributed by atoms with Gasteiger partial charge in [-0.2, -0.15) is 0 Å². The summed E-state index contributed by atoms with van der Waals surface area (Å²) < 4.78 is 6.50. The Morgan fingerprint density at radius 3 is 2.61 bits per heavy atom. The Balaban J connectivity index is 1.63. The van der Waals surface area contributed by atoms with Gasteiger partial charge in [-0.1, -0.05) is 48.5 Å². The van der Waals surface area contributed by atoms with Crippen LogP contribution in [0.5, 0.6) is 5.75 Å². The van der Waals surface area contributed by atoms with E-state index in [9.17, 15) is 9.90 Å². The van der Waals surface area contributed by atoms with Crippen LogP contribution >= 0.6 is 0 Å². The first kappa shape index (κ1) is 18.3. The smallest absolute Gasteiger partial charge is 0.335 e. The van der Waals surface area contributed by atoms with Gasteiger partial charge in [-0.25, -0.2) is 4.79 Å². The molecule has 0 aliphatic carbocycles. The van der Waals surface area contributed by atoms with E-state index in [0.29, 0.717) is 5.56 Å². The lowest BCUT2D eigenvalue weighted by atomic mass is 9.85. The minimum absolute atomic E-state index is 0.249. The van der Waals surface area contributed by atoms with Crippen LogP contribution in [0.15, 0.2) is 66.7 Å². The minimum Gasteiger partial charge on any atom is -0.487 e. The highest BCUT2D eigenvalue weighted by molar-refractivity contribution is 5.89. The first-order chi connectivity index (χ1) is 13.4. The molecular formula is C25H24O3. The number of carbonyl (C=O) groups is 1. The van der Waals surface area contributed by atoms with Crippen molar-refractivity contribution >= 4 is 5.97 Å². The van der Waals surface area contributed by atoms with Crippen LogP contribution in [0.4, 0.5) is 0 Å². The van der Waals surface area contributed by atoms with Crippen LogP contribution in [0, 0.1) is 6.92 Å². The van der Waals surface area contributed by atoms with E-state index >= 15 is 0 Å². The van der Waals surface area contributed by atoms with Crippen molar-refractivity contribution in [1.82, 2.24) is 0 Å². The lowest BCUT2D eigenvalue weighted by Gasteiger charge is -2.36. The maximum absolute atomic E-state index is 11.3. The summed E-state index contributed by atoms with van der Waals surface area (Å²) in [6.45, 7) is 4.32. The Labute approximate surface area is 165 Å². The number of hydrogen-bond acceptors (Lipinski definition) is 2. The van der Waals surface area contributed by atoms with Crippen LogP contribution in [0.1, 0.15) is 40.4 Å². The Bertz CT molecular complexity index is 1040. The van der Waals surface area contributed by atoms with Crippen LogP contribution in [-0.4, -0.2) is 16.7 Å². The quantitative estimate of drug-likeness (QED) is 0.640. The van der Waals surface area contributed by atoms with Crippen LogP contribution in [0.3, 0.4) is 0 Å². The van der Waals surface area contributed by atoms with E-state index in [2.05, 4.69) is 44.2 Å². The van der Waals surface area contributed by atoms with Crippen molar-refractivity contribution < 1.29 is 14.6 Å². The summed E-state index contributed by atoms with van der Waals surface area (Å²) in [6, 6.07) is 21.7. The van der Waals surface area contributed by atoms with E-state index in [1.54, 1.807) is 18.2 Å². The van der Waals surface area contributed by atoms with E-state index in [1.807, 2.05) is 18.2 Å². The zero-order valence-electron chi connectivity index (χ0n) is 16.2. The Morgan fingerprint density at radius 1 is 1.04 bits per heavy atom. The van der Waals surface area contributed by atoms with Crippen molar-refractivity contribution in [2.45, 2.75) is 38.7 Å². The molecule has 3 aromatic carbocycles. The number of fused-ring (bicyclic) bond motifs is 1. The van der Waals surface area contributed by atoms with Crippen molar-refractivity contribution in [2.75, 3.05) is 0 Å². The molecule has 3 heteroatoms. The van der Waals surface area contributed by atoms with Crippen molar-refractivity contribution in [1.29, 1.82) is 0 Å². The molecule has 0 bridgehead atoms. The second kappa shape index (κ2) is 7.16. The van der Waals surface area contributed by atoms with E-state index in [-0.39, 0.29) is 5.60 Å². The predicted octanol–water partition coefficient (Wildman–Crippen LogP) is 5.69. The molecule has 4 rings (SSSR count). The van der Waals surface area contributed by atoms with Crippen LogP contribution in [0.2, 0.25) is 0 Å². The molecule has 1 heterocycles. The number of rotatable bonds is 4. The largest absolute Gasteiger partial charge is 0.487 e. The second-order valence-corrected chi connectivity index (χ2v) is 7.86. The average molecular weight is 372 g/mol. The third-order valence-corrected chi connectivity index (χ3v) is 5.62. The fraction of sp³-hybridized carbons (Fsp3) is 0.240. The molecule has 1 N–H and O–H groups in total. The number of carboxylic acid groups (broad SMARTS) is 1. The molecule has 0 radical (unpaired) electrons. The second-order valence-electron chi connectivity index (χ2n) is 7.86. The normalized spacial score (nSPS) is 18.2. The van der Waals surface area contributed by atoms with Crippen LogP contribution in [-0.2, 0) is 12.8 Å². The van der Waals surface area contributed by atoms with Gasteiger partial charge in [-0.05, 0) is 72.7 Å². The molecule has 1 unspecified atom stereocenters. The van der Waals surface area contributed by atoms with Gasteiger partial charge >= 0.3 is 5.97 Å². The number of ether oxygens (including phenoxy) is 1. The van der Waals surface area contributed by atoms with E-state index < -0.39 is 5.97 Å². The van der Waals surface area contributed by atoms with Gasteiger partial charge in [0.15, 0.2) is 0 Å². The summed E-state index contributed by atoms with van der Waals surface area (Å²) in [6.07, 6.45) is 2.83. The maximum atomic E-state index is 11.3. The molecule has 28 heavy (non-hydrogen) atoms. The molecule has 0 saturated carbocycles. The first-order valence-corrected chi connectivity index (χ1v) is 9.64. The molecule has 0 saturated heterocycles. The zero-order chi connectivity index (χ0) is 19.7. The van der Waals surface area contributed by atoms with Gasteiger partial charge in [-0.3, -0.25) is 0 Å². The average Bonchev–Trinajstić information content (AvgIpc) is 2.69. The number of aryl methyl sites for hydroxylation is 2. The standard InChI is InChI=1S/C25H24O3/c1-17-6-3-4-7-22(17)16-25(2)13-12-18-10-11-20(15-23(18)28-25)19-8-5-9-21(14-19)24(26)27/h3-11,14-15H,12-13,16H2,1-2H3,(H,26,27). The van der Waals surface area contributed by atoms with Crippen molar-refractivity contribution in [3.8, 4) is 16.9 Å². The van der Waals surface area contributed by atoms with E-state index in [1.165, 1.54) is 16.7 Å². The van der Waals surface area contributed by atoms with Crippen LogP contribution < -0.4 is 4.74 Å². The van der Waals surface area contributed by atoms with Gasteiger partial charge in [0, 0.05) is 6.42 Å². The number of benzene rings is 3. The molecule has 3 nitrogen and oxygen atoms in total. The highest BCUT2D eigenvalue weighted by Crippen LogP contribution is 2.38. The summed E-state index contributed by atoms with van der Waals surface area (Å²) >= 11 is 0. The van der Waals surface area contributed by atoms with E-state index in [4.69, 9.17) is 4.74 Å². The first-order valence-electron chi connectivity index (χ1n) is 9.64. The Hall–Kier alpha value is -3.07. The van der Waals surface area contributed by atoms with Crippen LogP contribution in [0.25, 0.3) is 11.1 Å². The highest BCUT2D eigenvalue weighted by Gasteiger charge is 2.32. The summed E-state index contributed by atoms with van der Waals surface area (Å²) in [5.74, 6) is -0.0116. The summed E-state index contributed by atoms with van der Waals surface area (Å²) in [5, 5.41) is 9.25. The van der Waals surface area contributed by atoms with E-state index in [0.717, 1.165) is 36.1 Å². The molecule has 0 fully saturated rings. The molecule has 1 aliphatic rings. The van der Waals surface area contributed by atoms with Gasteiger partial charge in [0.05, 0.1) is 5.56 Å². The van der Waals surface area contributed by atoms with Gasteiger partial charge in [-0.15, -0.1) is 0 Å². The number of carboxylic acids is 1. The van der Waals surface area contributed by atoms with Gasteiger partial charge < -0.3 is 9.84 Å². The molecule has 1 aliphatic heterocycles. The third-order valence-electron chi connectivity index (χ3n) is 5.62. The SMILES string of the molecule is Cc1ccccc1CC1(C)CCc2ccc(-c3cccc(C(=O)O)c3)cc2O1. The zero-order valence-corrected chi connectivity index (χ0v) is 16.2. The maximum Gasteiger partial charge on any atom is 0.335 e. The monoisotopic (exact) mass is 372 g/mol. The molecular weight excluding hydrogens is 348 g/mol. The molecule has 3 aromatic rings. The highest BCUT2D eigenvalue weighted by atomic mass is 16.5. The number of hydrogen-bond donors (Lipinski definition) is 1. The van der Waals surface area contributed by atoms with Gasteiger partial charge in [0.1, 0.15) is 11.4 Å². The summed E-state index contributed by atoms with van der Waals surface area (Å²) in [5.41, 5.74) is 5.72. The fourth-order valence-electron chi connectivity index (χ4n) is 3.92. The summed E-state index contributed by atoms with van der Waals surface area (Å²) in [7, 11) is 0. The van der Waals surface area contributed by atoms with Gasteiger partial charge in [0.2, 0.25) is 0 Å². The Morgan fingerprint density at radius 2 is 1.82 bits per heavy atom. The van der Waals surface area contributed by atoms with Crippen molar-refractivity contribution in [2.24, 2.45) is 0 Å². The van der Waals surface area contributed by atoms with Crippen molar-refractivity contribution in [3.05, 3.63) is 89.0 Å². The predicted molar refractivity (Wildman–Crippen MR) is 111 cm³/mol. The molecule has 0 amide bonds. The molecule has 0 aromatic heterocycles. The Kier molecular flexibility index (Phi) is 4.68. The minimum atomic E-state index is -0.915. The summed E-state index contributed by atoms with van der Waals surface area (Å²) in [4.78, 5) is 11.3. The fourth-order valence-corrected chi connectivity index (χ4v) is 3.92.